The Morgan fingerprint density at radius 1 is 0.500 bits per heavy atom. The van der Waals surface area contributed by atoms with Gasteiger partial charge in [0.25, 0.3) is 23.6 Å². The fraction of sp³-hybridized carbons (Fsp3) is 0.205. The van der Waals surface area contributed by atoms with Crippen molar-refractivity contribution in [2.45, 2.75) is 39.5 Å². The van der Waals surface area contributed by atoms with E-state index in [4.69, 9.17) is 9.47 Å². The Labute approximate surface area is 287 Å². The van der Waals surface area contributed by atoms with Crippen molar-refractivity contribution in [1.29, 1.82) is 0 Å². The van der Waals surface area contributed by atoms with E-state index in [2.05, 4.69) is 0 Å². The van der Waals surface area contributed by atoms with Gasteiger partial charge in [0, 0.05) is 11.1 Å². The Morgan fingerprint density at radius 3 is 1.30 bits per heavy atom. The number of benzene rings is 4. The largest absolute Gasteiger partial charge is 0.462 e. The average Bonchev–Trinajstić information content (AvgIpc) is 3.54. The van der Waals surface area contributed by atoms with Gasteiger partial charge in [-0.3, -0.25) is 24.0 Å². The van der Waals surface area contributed by atoms with Gasteiger partial charge in [-0.15, -0.1) is 0 Å². The molecule has 0 N–H and O–H groups in total. The fourth-order valence-corrected chi connectivity index (χ4v) is 5.73. The number of anilines is 2. The van der Waals surface area contributed by atoms with Crippen LogP contribution in [0.1, 0.15) is 118 Å². The van der Waals surface area contributed by atoms with Crippen molar-refractivity contribution in [2.24, 2.45) is 0 Å². The van der Waals surface area contributed by atoms with E-state index in [1.165, 1.54) is 72.8 Å². The van der Waals surface area contributed by atoms with Crippen molar-refractivity contribution in [3.8, 4) is 0 Å². The van der Waals surface area contributed by atoms with Crippen LogP contribution in [0.25, 0.3) is 0 Å². The number of carbonyl (C=O) groups is 7. The van der Waals surface area contributed by atoms with Crippen LogP contribution in [0, 0.1) is 0 Å². The maximum absolute atomic E-state index is 13.7. The first kappa shape index (κ1) is 33.7. The van der Waals surface area contributed by atoms with E-state index in [0.29, 0.717) is 12.8 Å². The number of esters is 2. The zero-order valence-corrected chi connectivity index (χ0v) is 27.4. The van der Waals surface area contributed by atoms with Gasteiger partial charge in [0.15, 0.2) is 5.78 Å². The lowest BCUT2D eigenvalue weighted by Gasteiger charge is -2.14. The number of nitrogens with zero attached hydrogens (tertiary/aromatic N) is 2. The first-order valence-electron chi connectivity index (χ1n) is 16.3. The molecule has 6 rings (SSSR count). The minimum atomic E-state index is -0.669. The first-order chi connectivity index (χ1) is 24.1. The van der Waals surface area contributed by atoms with Crippen LogP contribution in [-0.4, -0.2) is 54.6 Å². The molecule has 11 heteroatoms. The summed E-state index contributed by atoms with van der Waals surface area (Å²) in [5.41, 5.74) is 1.09. The zero-order valence-electron chi connectivity index (χ0n) is 27.4. The lowest BCUT2D eigenvalue weighted by Crippen LogP contribution is -2.29. The molecule has 0 atom stereocenters. The van der Waals surface area contributed by atoms with Gasteiger partial charge in [-0.25, -0.2) is 19.4 Å². The Morgan fingerprint density at radius 2 is 0.900 bits per heavy atom. The van der Waals surface area contributed by atoms with Gasteiger partial charge in [0.1, 0.15) is 0 Å². The van der Waals surface area contributed by atoms with Crippen LogP contribution < -0.4 is 9.80 Å². The van der Waals surface area contributed by atoms with Crippen molar-refractivity contribution in [3.05, 3.63) is 129 Å². The summed E-state index contributed by atoms with van der Waals surface area (Å²) in [5, 5.41) is 0. The van der Waals surface area contributed by atoms with Gasteiger partial charge in [0.2, 0.25) is 0 Å². The highest BCUT2D eigenvalue weighted by Crippen LogP contribution is 2.33. The summed E-state index contributed by atoms with van der Waals surface area (Å²) in [6, 6.07) is 20.2. The summed E-state index contributed by atoms with van der Waals surface area (Å²) in [6.07, 6.45) is 3.11. The molecule has 4 aromatic rings. The quantitative estimate of drug-likeness (QED) is 0.0719. The van der Waals surface area contributed by atoms with Crippen LogP contribution in [0.2, 0.25) is 0 Å². The van der Waals surface area contributed by atoms with Crippen LogP contribution in [0.15, 0.2) is 84.9 Å². The van der Waals surface area contributed by atoms with E-state index in [1.807, 2.05) is 13.8 Å². The third-order valence-corrected chi connectivity index (χ3v) is 8.44. The summed E-state index contributed by atoms with van der Waals surface area (Å²) < 4.78 is 10.5. The number of unbranched alkanes of at least 4 members (excludes halogenated alkanes) is 2. The molecule has 252 valence electrons. The molecule has 2 heterocycles. The molecule has 0 bridgehead atoms. The minimum Gasteiger partial charge on any atom is -0.462 e. The van der Waals surface area contributed by atoms with Crippen molar-refractivity contribution < 1.29 is 43.0 Å². The van der Waals surface area contributed by atoms with Gasteiger partial charge in [-0.05, 0) is 73.5 Å². The Bertz CT molecular complexity index is 1950. The predicted molar refractivity (Wildman–Crippen MR) is 182 cm³/mol. The highest BCUT2D eigenvalue weighted by molar-refractivity contribution is 6.36. The molecule has 0 aromatic heterocycles. The van der Waals surface area contributed by atoms with E-state index >= 15 is 0 Å². The maximum Gasteiger partial charge on any atom is 0.338 e. The van der Waals surface area contributed by atoms with Crippen LogP contribution in [0.5, 0.6) is 0 Å². The van der Waals surface area contributed by atoms with Gasteiger partial charge in [-0.1, -0.05) is 51.0 Å². The molecule has 11 nitrogen and oxygen atoms in total. The zero-order chi connectivity index (χ0) is 35.5. The molecule has 50 heavy (non-hydrogen) atoms. The summed E-state index contributed by atoms with van der Waals surface area (Å²) in [4.78, 5) is 94.2. The third-order valence-electron chi connectivity index (χ3n) is 8.44. The van der Waals surface area contributed by atoms with E-state index in [-0.39, 0.29) is 69.1 Å². The second-order valence-corrected chi connectivity index (χ2v) is 11.8. The standard InChI is InChI=1S/C39H32N2O9/c1-3-5-17-49-38(47)25-9-7-11-27(19-25)40-34(43)29-15-13-23(21-31(29)36(40)45)33(42)24-14-16-30-32(22-24)37(46)41(35(30)44)28-12-8-10-26(20-28)39(48)50-18-6-4-2/h7-16,19-22H,3-6,17-18H2,1-2H3. The van der Waals surface area contributed by atoms with Gasteiger partial charge in [-0.2, -0.15) is 0 Å². The summed E-state index contributed by atoms with van der Waals surface area (Å²) >= 11 is 0. The fourth-order valence-electron chi connectivity index (χ4n) is 5.73. The number of ketones is 1. The topological polar surface area (TPSA) is 144 Å². The van der Waals surface area contributed by atoms with Crippen molar-refractivity contribution in [1.82, 2.24) is 0 Å². The number of imide groups is 2. The van der Waals surface area contributed by atoms with E-state index in [0.717, 1.165) is 22.6 Å². The number of hydrogen-bond acceptors (Lipinski definition) is 9. The first-order valence-corrected chi connectivity index (χ1v) is 16.3. The van der Waals surface area contributed by atoms with Gasteiger partial charge >= 0.3 is 11.9 Å². The SMILES string of the molecule is CCCCOC(=O)c1cccc(N2C(=O)c3ccc(C(=O)c4ccc5c(c4)C(=O)N(c4cccc(C(=O)OCCCC)c4)C5=O)cc3C2=O)c1. The molecule has 0 unspecified atom stereocenters. The molecule has 0 radical (unpaired) electrons. The summed E-state index contributed by atoms with van der Waals surface area (Å²) in [6.45, 7) is 4.44. The lowest BCUT2D eigenvalue weighted by atomic mass is 9.96. The number of hydrogen-bond donors (Lipinski definition) is 0. The van der Waals surface area contributed by atoms with E-state index < -0.39 is 41.4 Å². The van der Waals surface area contributed by atoms with E-state index in [1.54, 1.807) is 12.1 Å². The molecule has 0 fully saturated rings. The van der Waals surface area contributed by atoms with Crippen LogP contribution in [0.4, 0.5) is 11.4 Å². The van der Waals surface area contributed by atoms with Crippen LogP contribution >= 0.6 is 0 Å². The third kappa shape index (κ3) is 6.21. The highest BCUT2D eigenvalue weighted by Gasteiger charge is 2.39. The number of carbonyl (C=O) groups excluding carboxylic acids is 7. The molecule has 2 aliphatic heterocycles. The van der Waals surface area contributed by atoms with Crippen molar-refractivity contribution in [3.63, 3.8) is 0 Å². The molecular formula is C39H32N2O9. The smallest absolute Gasteiger partial charge is 0.338 e. The number of ether oxygens (including phenoxy) is 2. The van der Waals surface area contributed by atoms with Crippen molar-refractivity contribution >= 4 is 52.7 Å². The van der Waals surface area contributed by atoms with E-state index in [9.17, 15) is 33.6 Å². The van der Waals surface area contributed by atoms with Gasteiger partial charge in [0.05, 0.1) is 58.0 Å². The summed E-state index contributed by atoms with van der Waals surface area (Å²) in [5.74, 6) is -4.24. The molecule has 0 spiro atoms. The molecule has 0 aliphatic carbocycles. The number of rotatable bonds is 12. The highest BCUT2D eigenvalue weighted by atomic mass is 16.5. The molecule has 0 saturated carbocycles. The summed E-state index contributed by atoms with van der Waals surface area (Å²) in [7, 11) is 0. The molecule has 0 saturated heterocycles. The monoisotopic (exact) mass is 672 g/mol. The van der Waals surface area contributed by atoms with Crippen LogP contribution in [-0.2, 0) is 9.47 Å². The van der Waals surface area contributed by atoms with Crippen molar-refractivity contribution in [2.75, 3.05) is 23.0 Å². The lowest BCUT2D eigenvalue weighted by molar-refractivity contribution is 0.0490. The minimum absolute atomic E-state index is 0.00321. The van der Waals surface area contributed by atoms with Gasteiger partial charge < -0.3 is 9.47 Å². The second kappa shape index (κ2) is 14.1. The Balaban J connectivity index is 1.22. The molecule has 4 amide bonds. The number of amides is 4. The Hall–Kier alpha value is -6.23. The second-order valence-electron chi connectivity index (χ2n) is 11.8. The normalized spacial score (nSPS) is 13.4. The average molecular weight is 673 g/mol. The maximum atomic E-state index is 13.7. The molecule has 2 aliphatic rings. The Kier molecular flexibility index (Phi) is 9.49. The molecular weight excluding hydrogens is 640 g/mol. The number of fused-ring (bicyclic) bond motifs is 2. The predicted octanol–water partition coefficient (Wildman–Crippen LogP) is 6.43. The molecule has 4 aromatic carbocycles. The van der Waals surface area contributed by atoms with Crippen LogP contribution in [0.3, 0.4) is 0 Å².